The summed E-state index contributed by atoms with van der Waals surface area (Å²) in [6, 6.07) is 6.87. The van der Waals surface area contributed by atoms with E-state index in [2.05, 4.69) is 5.32 Å². The number of nitrogens with one attached hydrogen (secondary N) is 1. The van der Waals surface area contributed by atoms with Gasteiger partial charge in [0, 0.05) is 25.8 Å². The highest BCUT2D eigenvalue weighted by molar-refractivity contribution is 7.89. The van der Waals surface area contributed by atoms with E-state index in [9.17, 15) is 22.8 Å². The first-order valence-electron chi connectivity index (χ1n) is 8.59. The molecule has 1 atom stereocenters. The highest BCUT2D eigenvalue weighted by atomic mass is 32.2. The number of rotatable bonds is 6. The van der Waals surface area contributed by atoms with Crippen molar-refractivity contribution in [1.29, 1.82) is 0 Å². The summed E-state index contributed by atoms with van der Waals surface area (Å²) in [7, 11) is -0.862. The third-order valence-electron chi connectivity index (χ3n) is 4.07. The van der Waals surface area contributed by atoms with Crippen LogP contribution in [-0.2, 0) is 19.6 Å². The predicted octanol–water partition coefficient (Wildman–Crippen LogP) is 1.69. The van der Waals surface area contributed by atoms with Gasteiger partial charge in [-0.1, -0.05) is 6.07 Å². The fraction of sp³-hybridized carbons (Fsp3) is 0.316. The number of carbonyl (C=O) groups excluding carboxylic acids is 2. The molecule has 1 aromatic heterocycles. The number of benzene rings is 1. The molecule has 9 nitrogen and oxygen atoms in total. The fourth-order valence-corrected chi connectivity index (χ4v) is 3.47. The summed E-state index contributed by atoms with van der Waals surface area (Å²) >= 11 is 0. The van der Waals surface area contributed by atoms with E-state index < -0.39 is 33.6 Å². The number of hydrogen-bond acceptors (Lipinski definition) is 7. The summed E-state index contributed by atoms with van der Waals surface area (Å²) in [5.74, 6) is -1.37. The number of sulfonamides is 1. The highest BCUT2D eigenvalue weighted by Gasteiger charge is 2.24. The first kappa shape index (κ1) is 22.3. The zero-order valence-corrected chi connectivity index (χ0v) is 17.5. The second kappa shape index (κ2) is 8.58. The van der Waals surface area contributed by atoms with Crippen LogP contribution in [0.25, 0.3) is 0 Å². The minimum Gasteiger partial charge on any atom is -0.449 e. The van der Waals surface area contributed by atoms with Crippen molar-refractivity contribution in [3.05, 3.63) is 57.6 Å². The van der Waals surface area contributed by atoms with Crippen LogP contribution in [-0.4, -0.2) is 44.8 Å². The molecule has 0 aliphatic carbocycles. The second-order valence-corrected chi connectivity index (χ2v) is 8.68. The Hall–Kier alpha value is -2.98. The van der Waals surface area contributed by atoms with E-state index in [0.29, 0.717) is 5.56 Å². The molecule has 0 aliphatic heterocycles. The van der Waals surface area contributed by atoms with Crippen molar-refractivity contribution >= 4 is 27.6 Å². The Bertz CT molecular complexity index is 1080. The number of amides is 1. The zero-order chi connectivity index (χ0) is 21.9. The minimum absolute atomic E-state index is 0.00973. The Morgan fingerprint density at radius 2 is 1.83 bits per heavy atom. The van der Waals surface area contributed by atoms with Gasteiger partial charge >= 0.3 is 11.6 Å². The van der Waals surface area contributed by atoms with Crippen molar-refractivity contribution < 1.29 is 27.2 Å². The summed E-state index contributed by atoms with van der Waals surface area (Å²) in [5, 5.41) is 2.52. The van der Waals surface area contributed by atoms with Gasteiger partial charge in [0.1, 0.15) is 11.3 Å². The molecular formula is C19H22N2O7S. The van der Waals surface area contributed by atoms with E-state index in [0.717, 1.165) is 10.4 Å². The Labute approximate surface area is 168 Å². The first-order valence-corrected chi connectivity index (χ1v) is 10.0. The minimum atomic E-state index is -3.66. The van der Waals surface area contributed by atoms with E-state index in [1.54, 1.807) is 6.92 Å². The van der Waals surface area contributed by atoms with Crippen LogP contribution in [0.5, 0.6) is 0 Å². The third-order valence-corrected chi connectivity index (χ3v) is 5.88. The van der Waals surface area contributed by atoms with Crippen LogP contribution >= 0.6 is 0 Å². The molecule has 10 heteroatoms. The van der Waals surface area contributed by atoms with Crippen LogP contribution in [0.2, 0.25) is 0 Å². The molecule has 29 heavy (non-hydrogen) atoms. The van der Waals surface area contributed by atoms with Gasteiger partial charge in [0.2, 0.25) is 10.0 Å². The highest BCUT2D eigenvalue weighted by Crippen LogP contribution is 2.19. The molecule has 0 bridgehead atoms. The van der Waals surface area contributed by atoms with Gasteiger partial charge in [-0.15, -0.1) is 0 Å². The van der Waals surface area contributed by atoms with E-state index >= 15 is 0 Å². The van der Waals surface area contributed by atoms with E-state index in [1.165, 1.54) is 52.2 Å². The maximum Gasteiger partial charge on any atom is 0.342 e. The molecule has 0 fully saturated rings. The van der Waals surface area contributed by atoms with Gasteiger partial charge in [-0.05, 0) is 44.5 Å². The smallest absolute Gasteiger partial charge is 0.342 e. The third kappa shape index (κ3) is 5.09. The lowest BCUT2D eigenvalue weighted by Gasteiger charge is -2.16. The Morgan fingerprint density at radius 3 is 2.41 bits per heavy atom. The van der Waals surface area contributed by atoms with Crippen LogP contribution in [0.1, 0.15) is 28.6 Å². The van der Waals surface area contributed by atoms with Crippen LogP contribution < -0.4 is 10.9 Å². The number of aryl methyl sites for hydroxylation is 2. The number of ether oxygens (including phenoxy) is 1. The van der Waals surface area contributed by atoms with Crippen molar-refractivity contribution in [1.82, 2.24) is 4.31 Å². The number of hydrogen-bond donors (Lipinski definition) is 1. The molecule has 0 spiro atoms. The monoisotopic (exact) mass is 422 g/mol. The largest absolute Gasteiger partial charge is 0.449 e. The van der Waals surface area contributed by atoms with Crippen molar-refractivity contribution in [2.24, 2.45) is 0 Å². The van der Waals surface area contributed by atoms with Gasteiger partial charge in [-0.2, -0.15) is 0 Å². The molecule has 1 aromatic carbocycles. The van der Waals surface area contributed by atoms with Gasteiger partial charge in [0.25, 0.3) is 5.91 Å². The van der Waals surface area contributed by atoms with Crippen LogP contribution in [0.4, 0.5) is 5.69 Å². The lowest BCUT2D eigenvalue weighted by molar-refractivity contribution is -0.123. The summed E-state index contributed by atoms with van der Waals surface area (Å²) in [5.41, 5.74) is 0.0927. The average Bonchev–Trinajstić information content (AvgIpc) is 2.60. The topological polar surface area (TPSA) is 123 Å². The number of esters is 1. The van der Waals surface area contributed by atoms with Crippen molar-refractivity contribution in [3.63, 3.8) is 0 Å². The summed E-state index contributed by atoms with van der Waals surface area (Å²) < 4.78 is 35.5. The molecule has 2 aromatic rings. The lowest BCUT2D eigenvalue weighted by Crippen LogP contribution is -2.30. The lowest BCUT2D eigenvalue weighted by atomic mass is 10.1. The molecular weight excluding hydrogens is 400 g/mol. The van der Waals surface area contributed by atoms with Crippen LogP contribution in [0.15, 0.2) is 44.4 Å². The van der Waals surface area contributed by atoms with Gasteiger partial charge in [-0.3, -0.25) is 4.79 Å². The fourth-order valence-electron chi connectivity index (χ4n) is 2.52. The Morgan fingerprint density at radius 1 is 1.17 bits per heavy atom. The van der Waals surface area contributed by atoms with Gasteiger partial charge < -0.3 is 14.5 Å². The first-order chi connectivity index (χ1) is 13.4. The van der Waals surface area contributed by atoms with Crippen LogP contribution in [0, 0.1) is 13.8 Å². The standard InChI is InChI=1S/C19H22N2O7S/c1-11-9-16(22)27-12(2)17(11)19(24)28-13(3)18(23)20-14-7-6-8-15(10-14)29(25,26)21(4)5/h6-10,13H,1-5H3,(H,20,23). The maximum atomic E-state index is 12.4. The van der Waals surface area contributed by atoms with E-state index in [4.69, 9.17) is 9.15 Å². The molecule has 2 rings (SSSR count). The molecule has 1 amide bonds. The van der Waals surface area contributed by atoms with Gasteiger partial charge in [-0.25, -0.2) is 22.3 Å². The summed E-state index contributed by atoms with van der Waals surface area (Å²) in [6.45, 7) is 4.38. The van der Waals surface area contributed by atoms with Crippen molar-refractivity contribution in [2.45, 2.75) is 31.8 Å². The molecule has 0 aliphatic rings. The molecule has 0 saturated carbocycles. The van der Waals surface area contributed by atoms with Gasteiger partial charge in [0.05, 0.1) is 4.90 Å². The Kier molecular flexibility index (Phi) is 6.60. The van der Waals surface area contributed by atoms with Crippen LogP contribution in [0.3, 0.4) is 0 Å². The molecule has 1 unspecified atom stereocenters. The summed E-state index contributed by atoms with van der Waals surface area (Å²) in [6.07, 6.45) is -1.18. The molecule has 1 heterocycles. The number of nitrogens with zero attached hydrogens (tertiary/aromatic N) is 1. The molecule has 0 saturated heterocycles. The number of carbonyl (C=O) groups is 2. The summed E-state index contributed by atoms with van der Waals surface area (Å²) in [4.78, 5) is 36.1. The van der Waals surface area contributed by atoms with E-state index in [1.807, 2.05) is 0 Å². The molecule has 156 valence electrons. The molecule has 1 N–H and O–H groups in total. The second-order valence-electron chi connectivity index (χ2n) is 6.53. The quantitative estimate of drug-likeness (QED) is 0.703. The average molecular weight is 422 g/mol. The maximum absolute atomic E-state index is 12.4. The van der Waals surface area contributed by atoms with Crippen molar-refractivity contribution in [2.75, 3.05) is 19.4 Å². The SMILES string of the molecule is Cc1cc(=O)oc(C)c1C(=O)OC(C)C(=O)Nc1cccc(S(=O)(=O)N(C)C)c1. The van der Waals surface area contributed by atoms with E-state index in [-0.39, 0.29) is 21.9 Å². The predicted molar refractivity (Wildman–Crippen MR) is 105 cm³/mol. The zero-order valence-electron chi connectivity index (χ0n) is 16.7. The van der Waals surface area contributed by atoms with Gasteiger partial charge in [0.15, 0.2) is 6.10 Å². The number of anilines is 1. The van der Waals surface area contributed by atoms with Crippen molar-refractivity contribution in [3.8, 4) is 0 Å². The molecule has 0 radical (unpaired) electrons. The Balaban J connectivity index is 2.14. The normalized spacial score (nSPS) is 12.5.